The predicted octanol–water partition coefficient (Wildman–Crippen LogP) is 3.64. The van der Waals surface area contributed by atoms with Gasteiger partial charge in [0.2, 0.25) is 12.3 Å². The molecule has 2 atom stereocenters. The quantitative estimate of drug-likeness (QED) is 0.405. The van der Waals surface area contributed by atoms with E-state index >= 15 is 0 Å². The molecule has 2 aliphatic heterocycles. The Labute approximate surface area is 245 Å². The Balaban J connectivity index is 1.74. The maximum absolute atomic E-state index is 12.7. The van der Waals surface area contributed by atoms with Gasteiger partial charge in [-0.1, -0.05) is 12.1 Å². The van der Waals surface area contributed by atoms with Crippen molar-refractivity contribution in [1.82, 2.24) is 15.1 Å². The van der Waals surface area contributed by atoms with Crippen molar-refractivity contribution in [3.63, 3.8) is 0 Å². The van der Waals surface area contributed by atoms with Gasteiger partial charge in [0.05, 0.1) is 11.4 Å². The lowest BCUT2D eigenvalue weighted by atomic mass is 9.87. The highest BCUT2D eigenvalue weighted by molar-refractivity contribution is 5.90. The summed E-state index contributed by atoms with van der Waals surface area (Å²) < 4.78 is 5.55. The molecule has 3 rings (SSSR count). The molecule has 1 aromatic carbocycles. The van der Waals surface area contributed by atoms with Crippen LogP contribution in [0.5, 0.6) is 0 Å². The van der Waals surface area contributed by atoms with Gasteiger partial charge < -0.3 is 34.4 Å². The van der Waals surface area contributed by atoms with Crippen LogP contribution < -0.4 is 15.1 Å². The molecule has 41 heavy (non-hydrogen) atoms. The number of likely N-dealkylation sites (tertiary alicyclic amines) is 2. The van der Waals surface area contributed by atoms with E-state index in [1.807, 2.05) is 49.8 Å². The number of ether oxygens (including phenoxy) is 1. The van der Waals surface area contributed by atoms with Crippen LogP contribution in [-0.4, -0.2) is 100 Å². The summed E-state index contributed by atoms with van der Waals surface area (Å²) in [4.78, 5) is 56.2. The largest absolute Gasteiger partial charge is 0.444 e. The first-order valence-corrected chi connectivity index (χ1v) is 14.9. The molecule has 10 nitrogen and oxygen atoms in total. The Morgan fingerprint density at radius 1 is 1.12 bits per heavy atom. The molecular weight excluding hydrogens is 522 g/mol. The van der Waals surface area contributed by atoms with Gasteiger partial charge in [0.1, 0.15) is 17.9 Å². The zero-order valence-electron chi connectivity index (χ0n) is 25.7. The number of benzene rings is 1. The van der Waals surface area contributed by atoms with E-state index in [4.69, 9.17) is 4.74 Å². The first kappa shape index (κ1) is 32.4. The van der Waals surface area contributed by atoms with E-state index in [2.05, 4.69) is 16.3 Å². The van der Waals surface area contributed by atoms with Crippen LogP contribution in [0, 0.1) is 5.92 Å². The molecule has 2 fully saturated rings. The van der Waals surface area contributed by atoms with Crippen LogP contribution in [-0.2, 0) is 19.1 Å². The van der Waals surface area contributed by atoms with Gasteiger partial charge in [0.15, 0.2) is 0 Å². The highest BCUT2D eigenvalue weighted by Crippen LogP contribution is 2.40. The van der Waals surface area contributed by atoms with Crippen LogP contribution in [0.3, 0.4) is 0 Å². The molecule has 0 bridgehead atoms. The van der Waals surface area contributed by atoms with Gasteiger partial charge in [0.25, 0.3) is 0 Å². The molecule has 0 radical (unpaired) electrons. The summed E-state index contributed by atoms with van der Waals surface area (Å²) in [6, 6.07) is 5.50. The van der Waals surface area contributed by atoms with Crippen LogP contribution in [0.4, 0.5) is 16.2 Å². The number of anilines is 2. The molecule has 1 N–H and O–H groups in total. The smallest absolute Gasteiger partial charge is 0.410 e. The fraction of sp³-hybridized carbons (Fsp3) is 0.677. The normalized spacial score (nSPS) is 19.3. The lowest BCUT2D eigenvalue weighted by Gasteiger charge is -2.39. The Kier molecular flexibility index (Phi) is 11.6. The summed E-state index contributed by atoms with van der Waals surface area (Å²) in [5.41, 5.74) is 2.21. The van der Waals surface area contributed by atoms with Crippen molar-refractivity contribution >= 4 is 36.1 Å². The standard InChI is InChI=1S/C31H49N5O5/c1-31(2,3)41-30(40)36-17-14-23(15-18-36)20-35-16-8-10-24(21-35)25-11-7-12-26(28(25)33(5)22-38)34(6)27(13-9-19-37)29(39)32-4/h7,11-12,19,22-24,27H,8-10,13-18,20-21H2,1-6H3,(H,32,39). The Bertz CT molecular complexity index is 1050. The van der Waals surface area contributed by atoms with Crippen molar-refractivity contribution in [1.29, 1.82) is 0 Å². The third-order valence-electron chi connectivity index (χ3n) is 8.24. The monoisotopic (exact) mass is 571 g/mol. The second-order valence-electron chi connectivity index (χ2n) is 12.4. The minimum atomic E-state index is -0.534. The molecule has 2 saturated heterocycles. The van der Waals surface area contributed by atoms with Crippen molar-refractivity contribution in [2.75, 3.05) is 63.7 Å². The summed E-state index contributed by atoms with van der Waals surface area (Å²) in [6.45, 7) is 10.0. The van der Waals surface area contributed by atoms with E-state index < -0.39 is 11.6 Å². The SMILES string of the molecule is CNC(=O)C(CCC=O)N(C)c1cccc(C2CCCN(CC3CCN(C(=O)OC(C)(C)C)CC3)C2)c1N(C)C=O. The van der Waals surface area contributed by atoms with E-state index in [1.54, 1.807) is 19.0 Å². The average Bonchev–Trinajstić information content (AvgIpc) is 2.95. The van der Waals surface area contributed by atoms with Gasteiger partial charge in [-0.2, -0.15) is 0 Å². The van der Waals surface area contributed by atoms with Crippen LogP contribution in [0.25, 0.3) is 0 Å². The number of rotatable bonds is 11. The zero-order chi connectivity index (χ0) is 30.2. The number of hydrogen-bond donors (Lipinski definition) is 1. The Morgan fingerprint density at radius 3 is 2.44 bits per heavy atom. The van der Waals surface area contributed by atoms with Crippen molar-refractivity contribution in [3.8, 4) is 0 Å². The molecule has 10 heteroatoms. The second-order valence-corrected chi connectivity index (χ2v) is 12.4. The lowest BCUT2D eigenvalue weighted by Crippen LogP contribution is -2.45. The number of para-hydroxylation sites is 1. The predicted molar refractivity (Wildman–Crippen MR) is 161 cm³/mol. The van der Waals surface area contributed by atoms with Crippen LogP contribution >= 0.6 is 0 Å². The summed E-state index contributed by atoms with van der Waals surface area (Å²) >= 11 is 0. The van der Waals surface area contributed by atoms with Crippen LogP contribution in [0.1, 0.15) is 70.8 Å². The zero-order valence-corrected chi connectivity index (χ0v) is 25.7. The molecule has 0 aliphatic carbocycles. The highest BCUT2D eigenvalue weighted by atomic mass is 16.6. The Morgan fingerprint density at radius 2 is 1.83 bits per heavy atom. The van der Waals surface area contributed by atoms with Crippen molar-refractivity contribution < 1.29 is 23.9 Å². The topological polar surface area (TPSA) is 102 Å². The van der Waals surface area contributed by atoms with Crippen LogP contribution in [0.15, 0.2) is 18.2 Å². The number of likely N-dealkylation sites (N-methyl/N-ethyl adjacent to an activating group) is 2. The molecule has 1 aromatic rings. The number of amides is 3. The molecule has 0 spiro atoms. The van der Waals surface area contributed by atoms with Crippen molar-refractivity contribution in [3.05, 3.63) is 23.8 Å². The first-order chi connectivity index (χ1) is 19.5. The minimum absolute atomic E-state index is 0.166. The van der Waals surface area contributed by atoms with Crippen molar-refractivity contribution in [2.45, 2.75) is 76.9 Å². The minimum Gasteiger partial charge on any atom is -0.444 e. The maximum Gasteiger partial charge on any atom is 0.410 e. The number of aldehydes is 1. The molecule has 2 unspecified atom stereocenters. The fourth-order valence-electron chi connectivity index (χ4n) is 6.13. The maximum atomic E-state index is 12.7. The number of nitrogens with one attached hydrogen (secondary N) is 1. The molecular formula is C31H49N5O5. The number of hydrogen-bond acceptors (Lipinski definition) is 7. The van der Waals surface area contributed by atoms with E-state index in [0.717, 1.165) is 88.0 Å². The molecule has 0 aromatic heterocycles. The first-order valence-electron chi connectivity index (χ1n) is 14.9. The Hall–Kier alpha value is -3.14. The van der Waals surface area contributed by atoms with Gasteiger partial charge in [0, 0.05) is 53.7 Å². The number of nitrogens with zero attached hydrogens (tertiary/aromatic N) is 4. The van der Waals surface area contributed by atoms with Crippen molar-refractivity contribution in [2.24, 2.45) is 5.92 Å². The fourth-order valence-corrected chi connectivity index (χ4v) is 6.13. The lowest BCUT2D eigenvalue weighted by molar-refractivity contribution is -0.122. The van der Waals surface area contributed by atoms with E-state index in [0.29, 0.717) is 12.3 Å². The van der Waals surface area contributed by atoms with Gasteiger partial charge in [-0.05, 0) is 82.9 Å². The summed E-state index contributed by atoms with van der Waals surface area (Å²) in [5, 5.41) is 2.71. The molecule has 2 aliphatic rings. The van der Waals surface area contributed by atoms with E-state index in [9.17, 15) is 19.2 Å². The average molecular weight is 572 g/mol. The van der Waals surface area contributed by atoms with E-state index in [1.165, 1.54) is 0 Å². The van der Waals surface area contributed by atoms with E-state index in [-0.39, 0.29) is 24.3 Å². The summed E-state index contributed by atoms with van der Waals surface area (Å²) in [7, 11) is 5.20. The molecule has 2 heterocycles. The van der Waals surface area contributed by atoms with Gasteiger partial charge in [-0.25, -0.2) is 4.79 Å². The van der Waals surface area contributed by atoms with Gasteiger partial charge >= 0.3 is 6.09 Å². The number of carbonyl (C=O) groups is 4. The molecule has 3 amide bonds. The van der Waals surface area contributed by atoms with Crippen LogP contribution in [0.2, 0.25) is 0 Å². The molecule has 0 saturated carbocycles. The highest BCUT2D eigenvalue weighted by Gasteiger charge is 2.32. The summed E-state index contributed by atoms with van der Waals surface area (Å²) in [6.07, 6.45) is 6.08. The second kappa shape index (κ2) is 14.7. The van der Waals surface area contributed by atoms with Gasteiger partial charge in [-0.15, -0.1) is 0 Å². The number of piperidine rings is 2. The third-order valence-corrected chi connectivity index (χ3v) is 8.24. The number of carbonyl (C=O) groups excluding carboxylic acids is 4. The molecule has 228 valence electrons. The third kappa shape index (κ3) is 8.67. The summed E-state index contributed by atoms with van der Waals surface area (Å²) in [5.74, 6) is 0.596. The van der Waals surface area contributed by atoms with Gasteiger partial charge in [-0.3, -0.25) is 9.59 Å².